The highest BCUT2D eigenvalue weighted by Crippen LogP contribution is 2.37. The number of halogens is 2. The zero-order valence-corrected chi connectivity index (χ0v) is 14.7. The van der Waals surface area contributed by atoms with Crippen molar-refractivity contribution >= 4 is 62.2 Å². The fourth-order valence-corrected chi connectivity index (χ4v) is 3.94. The third-order valence-electron chi connectivity index (χ3n) is 3.53. The zero-order chi connectivity index (χ0) is 17.4. The Kier molecular flexibility index (Phi) is 4.49. The first-order valence-corrected chi connectivity index (χ1v) is 8.47. The number of aromatic carboxylic acids is 1. The number of benzene rings is 2. The molecule has 0 unspecified atom stereocenters. The van der Waals surface area contributed by atoms with Gasteiger partial charge in [0.1, 0.15) is 4.88 Å². The van der Waals surface area contributed by atoms with Crippen LogP contribution in [0.25, 0.3) is 10.1 Å². The number of hydrogen-bond donors (Lipinski definition) is 2. The van der Waals surface area contributed by atoms with Crippen molar-refractivity contribution < 1.29 is 14.7 Å². The number of hydrogen-bond acceptors (Lipinski definition) is 3. The van der Waals surface area contributed by atoms with E-state index in [9.17, 15) is 9.59 Å². The summed E-state index contributed by atoms with van der Waals surface area (Å²) in [5, 5.41) is 13.5. The second kappa shape index (κ2) is 6.43. The van der Waals surface area contributed by atoms with Gasteiger partial charge >= 0.3 is 5.97 Å². The number of thiophene rings is 1. The van der Waals surface area contributed by atoms with Crippen LogP contribution < -0.4 is 5.32 Å². The SMILES string of the molecule is Cc1ccc(C(=O)O)cc1NC(=O)c1sc2cc(Cl)ccc2c1Cl. The molecule has 1 heterocycles. The van der Waals surface area contributed by atoms with E-state index < -0.39 is 5.97 Å². The van der Waals surface area contributed by atoms with Crippen molar-refractivity contribution in [3.8, 4) is 0 Å². The molecule has 0 fully saturated rings. The minimum absolute atomic E-state index is 0.102. The Morgan fingerprint density at radius 2 is 1.88 bits per heavy atom. The molecule has 24 heavy (non-hydrogen) atoms. The van der Waals surface area contributed by atoms with Gasteiger partial charge in [-0.15, -0.1) is 11.3 Å². The van der Waals surface area contributed by atoms with Crippen LogP contribution in [-0.4, -0.2) is 17.0 Å². The molecule has 0 aliphatic rings. The predicted molar refractivity (Wildman–Crippen MR) is 97.9 cm³/mol. The summed E-state index contributed by atoms with van der Waals surface area (Å²) in [6.45, 7) is 1.79. The Morgan fingerprint density at radius 3 is 2.58 bits per heavy atom. The standard InChI is InChI=1S/C17H11Cl2NO3S/c1-8-2-3-9(17(22)23)6-12(8)20-16(21)15-14(19)11-5-4-10(18)7-13(11)24-15/h2-7H,1H3,(H,20,21)(H,22,23). The molecule has 0 radical (unpaired) electrons. The van der Waals surface area contributed by atoms with Crippen LogP contribution in [0.5, 0.6) is 0 Å². The molecule has 122 valence electrons. The third kappa shape index (κ3) is 3.11. The number of fused-ring (bicyclic) bond motifs is 1. The van der Waals surface area contributed by atoms with Gasteiger partial charge in [-0.05, 0) is 36.8 Å². The summed E-state index contributed by atoms with van der Waals surface area (Å²) in [6, 6.07) is 9.79. The molecular formula is C17H11Cl2NO3S. The second-order valence-corrected chi connectivity index (χ2v) is 7.04. The van der Waals surface area contributed by atoms with E-state index in [0.29, 0.717) is 20.6 Å². The fraction of sp³-hybridized carbons (Fsp3) is 0.0588. The van der Waals surface area contributed by atoms with Crippen molar-refractivity contribution in [1.29, 1.82) is 0 Å². The molecule has 0 atom stereocenters. The Morgan fingerprint density at radius 1 is 1.12 bits per heavy atom. The molecule has 3 aromatic rings. The van der Waals surface area contributed by atoms with Crippen LogP contribution in [0.15, 0.2) is 36.4 Å². The fourth-order valence-electron chi connectivity index (χ4n) is 2.25. The van der Waals surface area contributed by atoms with Gasteiger partial charge in [0.2, 0.25) is 0 Å². The summed E-state index contributed by atoms with van der Waals surface area (Å²) in [6.07, 6.45) is 0. The van der Waals surface area contributed by atoms with Gasteiger partial charge in [0.15, 0.2) is 0 Å². The highest BCUT2D eigenvalue weighted by Gasteiger charge is 2.18. The third-order valence-corrected chi connectivity index (χ3v) is 5.42. The van der Waals surface area contributed by atoms with Gasteiger partial charge in [-0.3, -0.25) is 4.79 Å². The number of aryl methyl sites for hydroxylation is 1. The van der Waals surface area contributed by atoms with Gasteiger partial charge < -0.3 is 10.4 Å². The summed E-state index contributed by atoms with van der Waals surface area (Å²) < 4.78 is 0.814. The van der Waals surface area contributed by atoms with Crippen molar-refractivity contribution in [3.63, 3.8) is 0 Å². The average molecular weight is 380 g/mol. The largest absolute Gasteiger partial charge is 0.478 e. The van der Waals surface area contributed by atoms with Crippen molar-refractivity contribution in [3.05, 3.63) is 62.4 Å². The number of rotatable bonds is 3. The molecule has 0 saturated heterocycles. The van der Waals surface area contributed by atoms with Crippen LogP contribution in [0.3, 0.4) is 0 Å². The molecule has 0 aliphatic carbocycles. The molecule has 2 aromatic carbocycles. The van der Waals surface area contributed by atoms with Crippen LogP contribution in [0.1, 0.15) is 25.6 Å². The van der Waals surface area contributed by atoms with Crippen LogP contribution in [0, 0.1) is 6.92 Å². The summed E-state index contributed by atoms with van der Waals surface area (Å²) in [4.78, 5) is 24.0. The molecule has 0 saturated carbocycles. The lowest BCUT2D eigenvalue weighted by Gasteiger charge is -2.08. The van der Waals surface area contributed by atoms with E-state index in [1.807, 2.05) is 0 Å². The molecule has 0 aliphatic heterocycles. The van der Waals surface area contributed by atoms with Gasteiger partial charge in [0.05, 0.1) is 10.6 Å². The minimum atomic E-state index is -1.06. The lowest BCUT2D eigenvalue weighted by Crippen LogP contribution is -2.12. The Bertz CT molecular complexity index is 981. The highest BCUT2D eigenvalue weighted by molar-refractivity contribution is 7.21. The molecule has 2 N–H and O–H groups in total. The first-order valence-electron chi connectivity index (χ1n) is 6.89. The molecular weight excluding hydrogens is 369 g/mol. The average Bonchev–Trinajstić information content (AvgIpc) is 2.85. The van der Waals surface area contributed by atoms with E-state index in [1.54, 1.807) is 31.2 Å². The van der Waals surface area contributed by atoms with Crippen molar-refractivity contribution in [1.82, 2.24) is 0 Å². The van der Waals surface area contributed by atoms with E-state index in [2.05, 4.69) is 5.32 Å². The lowest BCUT2D eigenvalue weighted by molar-refractivity contribution is 0.0696. The van der Waals surface area contributed by atoms with Crippen molar-refractivity contribution in [2.45, 2.75) is 6.92 Å². The number of carbonyl (C=O) groups excluding carboxylic acids is 1. The van der Waals surface area contributed by atoms with E-state index >= 15 is 0 Å². The van der Waals surface area contributed by atoms with Crippen LogP contribution in [0.2, 0.25) is 10.0 Å². The first-order chi connectivity index (χ1) is 11.4. The Labute approximate surface area is 151 Å². The predicted octanol–water partition coefficient (Wildman–Crippen LogP) is 5.47. The summed E-state index contributed by atoms with van der Waals surface area (Å²) in [5.41, 5.74) is 1.30. The van der Waals surface area contributed by atoms with Crippen molar-refractivity contribution in [2.24, 2.45) is 0 Å². The molecule has 7 heteroatoms. The molecule has 1 amide bonds. The maximum absolute atomic E-state index is 12.6. The zero-order valence-electron chi connectivity index (χ0n) is 12.4. The molecule has 0 bridgehead atoms. The smallest absolute Gasteiger partial charge is 0.335 e. The molecule has 4 nitrogen and oxygen atoms in total. The summed E-state index contributed by atoms with van der Waals surface area (Å²) in [7, 11) is 0. The minimum Gasteiger partial charge on any atom is -0.478 e. The normalized spacial score (nSPS) is 10.8. The van der Waals surface area contributed by atoms with Gasteiger partial charge in [-0.1, -0.05) is 35.3 Å². The number of anilines is 1. The van der Waals surface area contributed by atoms with E-state index in [-0.39, 0.29) is 11.5 Å². The number of carboxylic acid groups (broad SMARTS) is 1. The van der Waals surface area contributed by atoms with Crippen LogP contribution in [0.4, 0.5) is 5.69 Å². The van der Waals surface area contributed by atoms with E-state index in [0.717, 1.165) is 15.6 Å². The number of nitrogens with one attached hydrogen (secondary N) is 1. The Balaban J connectivity index is 1.97. The maximum atomic E-state index is 12.6. The first kappa shape index (κ1) is 16.8. The van der Waals surface area contributed by atoms with Crippen LogP contribution in [-0.2, 0) is 0 Å². The lowest BCUT2D eigenvalue weighted by atomic mass is 10.1. The number of carboxylic acids is 1. The highest BCUT2D eigenvalue weighted by atomic mass is 35.5. The van der Waals surface area contributed by atoms with E-state index in [1.165, 1.54) is 23.5 Å². The molecule has 0 spiro atoms. The monoisotopic (exact) mass is 379 g/mol. The van der Waals surface area contributed by atoms with Gasteiger partial charge in [-0.25, -0.2) is 4.79 Å². The van der Waals surface area contributed by atoms with Gasteiger partial charge in [-0.2, -0.15) is 0 Å². The number of carbonyl (C=O) groups is 2. The van der Waals surface area contributed by atoms with Crippen molar-refractivity contribution in [2.75, 3.05) is 5.32 Å². The Hall–Kier alpha value is -2.08. The second-order valence-electron chi connectivity index (χ2n) is 5.17. The van der Waals surface area contributed by atoms with E-state index in [4.69, 9.17) is 28.3 Å². The van der Waals surface area contributed by atoms with Gasteiger partial charge in [0.25, 0.3) is 5.91 Å². The number of amides is 1. The quantitative estimate of drug-likeness (QED) is 0.634. The maximum Gasteiger partial charge on any atom is 0.335 e. The summed E-state index contributed by atoms with van der Waals surface area (Å²) in [5.74, 6) is -1.44. The molecule has 1 aromatic heterocycles. The molecule has 3 rings (SSSR count). The topological polar surface area (TPSA) is 66.4 Å². The summed E-state index contributed by atoms with van der Waals surface area (Å²) >= 11 is 13.5. The van der Waals surface area contributed by atoms with Crippen LogP contribution >= 0.6 is 34.5 Å². The van der Waals surface area contributed by atoms with Gasteiger partial charge in [0, 0.05) is 20.8 Å².